The highest BCUT2D eigenvalue weighted by molar-refractivity contribution is 5.85. The maximum absolute atomic E-state index is 14.8. The van der Waals surface area contributed by atoms with E-state index in [-0.39, 0.29) is 36.4 Å². The Morgan fingerprint density at radius 3 is 2.27 bits per heavy atom. The summed E-state index contributed by atoms with van der Waals surface area (Å²) in [6, 6.07) is 15.2. The molecule has 1 unspecified atom stereocenters. The van der Waals surface area contributed by atoms with E-state index in [0.29, 0.717) is 50.1 Å². The third kappa shape index (κ3) is 9.01. The van der Waals surface area contributed by atoms with Crippen molar-refractivity contribution in [3.63, 3.8) is 0 Å². The molecule has 1 aliphatic heterocycles. The molecule has 1 saturated heterocycles. The van der Waals surface area contributed by atoms with Crippen LogP contribution in [0.15, 0.2) is 54.4 Å². The molecule has 4 rings (SSSR count). The van der Waals surface area contributed by atoms with Crippen LogP contribution in [-0.4, -0.2) is 54.6 Å². The molecule has 0 bridgehead atoms. The zero-order valence-electron chi connectivity index (χ0n) is 26.8. The maximum atomic E-state index is 14.8. The van der Waals surface area contributed by atoms with E-state index in [0.717, 1.165) is 29.7 Å². The van der Waals surface area contributed by atoms with E-state index in [9.17, 15) is 27.5 Å². The van der Waals surface area contributed by atoms with Gasteiger partial charge in [-0.1, -0.05) is 36.4 Å². The van der Waals surface area contributed by atoms with Gasteiger partial charge in [0.25, 0.3) is 0 Å². The van der Waals surface area contributed by atoms with Crippen LogP contribution in [0.4, 0.5) is 17.6 Å². The number of carbonyl (C=O) groups is 1. The number of ether oxygens (including phenoxy) is 2. The van der Waals surface area contributed by atoms with Gasteiger partial charge in [-0.05, 0) is 101 Å². The van der Waals surface area contributed by atoms with Crippen LogP contribution in [-0.2, 0) is 21.5 Å². The van der Waals surface area contributed by atoms with Crippen molar-refractivity contribution < 1.29 is 36.9 Å². The van der Waals surface area contributed by atoms with Crippen molar-refractivity contribution in [3.05, 3.63) is 71.0 Å². The summed E-state index contributed by atoms with van der Waals surface area (Å²) in [4.78, 5) is 13.2. The van der Waals surface area contributed by atoms with Crippen molar-refractivity contribution in [2.24, 2.45) is 11.3 Å². The van der Waals surface area contributed by atoms with Crippen molar-refractivity contribution >= 4 is 23.9 Å². The molecule has 10 heteroatoms. The van der Waals surface area contributed by atoms with Crippen LogP contribution in [0.3, 0.4) is 0 Å². The molecule has 0 radical (unpaired) electrons. The predicted octanol–water partition coefficient (Wildman–Crippen LogP) is 8.99. The lowest BCUT2D eigenvalue weighted by atomic mass is 9.67. The molecule has 0 aromatic heterocycles. The first kappa shape index (κ1) is 36.8. The Kier molecular flexibility index (Phi) is 11.8. The van der Waals surface area contributed by atoms with Crippen molar-refractivity contribution in [3.8, 4) is 5.75 Å². The number of aliphatic carboxylic acids is 1. The number of methoxy groups -OCH3 is 1. The molecule has 2 atom stereocenters. The van der Waals surface area contributed by atoms with Gasteiger partial charge >= 0.3 is 12.1 Å². The molecule has 0 spiro atoms. The van der Waals surface area contributed by atoms with E-state index in [2.05, 4.69) is 26.0 Å². The van der Waals surface area contributed by atoms with Crippen LogP contribution in [0.1, 0.15) is 82.9 Å². The molecule has 2 aromatic rings. The lowest BCUT2D eigenvalue weighted by molar-refractivity contribution is -0.217. The molecular weight excluding hydrogens is 610 g/mol. The van der Waals surface area contributed by atoms with E-state index in [4.69, 9.17) is 9.47 Å². The lowest BCUT2D eigenvalue weighted by Crippen LogP contribution is -2.47. The molecule has 250 valence electrons. The van der Waals surface area contributed by atoms with Gasteiger partial charge in [0.2, 0.25) is 0 Å². The van der Waals surface area contributed by atoms with Crippen molar-refractivity contribution in [1.82, 2.24) is 4.90 Å². The van der Waals surface area contributed by atoms with Gasteiger partial charge in [-0.3, -0.25) is 9.69 Å². The molecule has 2 aromatic carbocycles. The van der Waals surface area contributed by atoms with Crippen LogP contribution < -0.4 is 4.74 Å². The summed E-state index contributed by atoms with van der Waals surface area (Å²) in [6.45, 7) is 7.74. The first-order chi connectivity index (χ1) is 20.5. The number of halogens is 5. The maximum Gasteiger partial charge on any atom is 0.395 e. The van der Waals surface area contributed by atoms with E-state index in [1.165, 1.54) is 13.8 Å². The first-order valence-corrected chi connectivity index (χ1v) is 15.3. The van der Waals surface area contributed by atoms with Gasteiger partial charge in [0.05, 0.1) is 24.0 Å². The zero-order valence-corrected chi connectivity index (χ0v) is 27.6. The fourth-order valence-electron chi connectivity index (χ4n) is 6.74. The minimum Gasteiger partial charge on any atom is -0.497 e. The molecule has 0 amide bonds. The highest BCUT2D eigenvalue weighted by Gasteiger charge is 2.48. The Bertz CT molecular complexity index is 1320. The number of alkyl halides is 3. The van der Waals surface area contributed by atoms with Crippen molar-refractivity contribution in [2.75, 3.05) is 26.8 Å². The zero-order chi connectivity index (χ0) is 32.3. The highest BCUT2D eigenvalue weighted by Crippen LogP contribution is 2.45. The van der Waals surface area contributed by atoms with Crippen LogP contribution in [0.25, 0.3) is 5.57 Å². The fourth-order valence-corrected chi connectivity index (χ4v) is 6.74. The largest absolute Gasteiger partial charge is 0.497 e. The van der Waals surface area contributed by atoms with Gasteiger partial charge in [-0.25, -0.2) is 4.39 Å². The van der Waals surface area contributed by atoms with Crippen LogP contribution in [0.2, 0.25) is 0 Å². The third-order valence-electron chi connectivity index (χ3n) is 9.39. The standard InChI is InChI=1S/C35H45F4NO4.ClH/c1-32(2,35(37,38)39)23-40(21-24-6-8-25(9-7-24)29-15-10-26(31(41)42)20-30(29)36)18-16-34(17-19-44-33(3,4)22-34)27-11-13-28(43-5)14-12-27;/h6-9,11-14,26H,10,15-23H2,1-5H3,(H,41,42);1H/t26?,34-;/m1./s1. The minimum atomic E-state index is -4.37. The topological polar surface area (TPSA) is 59.0 Å². The van der Waals surface area contributed by atoms with Gasteiger partial charge in [-0.15, -0.1) is 12.4 Å². The number of nitrogens with zero attached hydrogens (tertiary/aromatic N) is 1. The van der Waals surface area contributed by atoms with Gasteiger partial charge in [0.1, 0.15) is 11.6 Å². The number of carboxylic acids is 1. The van der Waals surface area contributed by atoms with E-state index >= 15 is 0 Å². The second kappa shape index (κ2) is 14.4. The van der Waals surface area contributed by atoms with Crippen LogP contribution in [0.5, 0.6) is 5.75 Å². The summed E-state index contributed by atoms with van der Waals surface area (Å²) in [5, 5.41) is 9.24. The highest BCUT2D eigenvalue weighted by atomic mass is 35.5. The Balaban J connectivity index is 0.00000552. The molecule has 0 saturated carbocycles. The number of carboxylic acid groups (broad SMARTS) is 1. The smallest absolute Gasteiger partial charge is 0.395 e. The molecule has 2 aliphatic rings. The third-order valence-corrected chi connectivity index (χ3v) is 9.39. The van der Waals surface area contributed by atoms with Crippen molar-refractivity contribution in [2.45, 2.75) is 90.0 Å². The SMILES string of the molecule is COc1ccc([C@]2(CCN(Cc3ccc(C4=C(F)CC(C(=O)O)CC4)cc3)CC(C)(C)C(F)(F)F)CCOC(C)(C)C2)cc1.Cl. The van der Waals surface area contributed by atoms with Crippen LogP contribution >= 0.6 is 12.4 Å². The Labute approximate surface area is 270 Å². The lowest BCUT2D eigenvalue weighted by Gasteiger charge is -2.46. The average Bonchev–Trinajstić information content (AvgIpc) is 2.95. The van der Waals surface area contributed by atoms with Gasteiger partial charge in [0.15, 0.2) is 0 Å². The molecule has 1 aliphatic carbocycles. The molecule has 5 nitrogen and oxygen atoms in total. The van der Waals surface area contributed by atoms with E-state index < -0.39 is 29.3 Å². The second-order valence-corrected chi connectivity index (χ2v) is 13.7. The number of allylic oxidation sites excluding steroid dienone is 2. The van der Waals surface area contributed by atoms with Gasteiger partial charge in [0, 0.05) is 31.5 Å². The number of rotatable bonds is 11. The van der Waals surface area contributed by atoms with Gasteiger partial charge in [-0.2, -0.15) is 13.2 Å². The van der Waals surface area contributed by atoms with E-state index in [1.54, 1.807) is 19.2 Å². The summed E-state index contributed by atoms with van der Waals surface area (Å²) in [7, 11) is 1.62. The van der Waals surface area contributed by atoms with Crippen molar-refractivity contribution in [1.29, 1.82) is 0 Å². The predicted molar refractivity (Wildman–Crippen MR) is 170 cm³/mol. The Morgan fingerprint density at radius 1 is 1.09 bits per heavy atom. The summed E-state index contributed by atoms with van der Waals surface area (Å²) in [5.74, 6) is -1.37. The first-order valence-electron chi connectivity index (χ1n) is 15.3. The summed E-state index contributed by atoms with van der Waals surface area (Å²) in [5.41, 5.74) is 0.563. The fraction of sp³-hybridized carbons (Fsp3) is 0.571. The van der Waals surface area contributed by atoms with E-state index in [1.807, 2.05) is 29.2 Å². The number of benzene rings is 2. The molecule has 1 fully saturated rings. The summed E-state index contributed by atoms with van der Waals surface area (Å²) in [6.07, 6.45) is -1.63. The molecule has 1 N–H and O–H groups in total. The monoisotopic (exact) mass is 655 g/mol. The van der Waals surface area contributed by atoms with Crippen LogP contribution in [0, 0.1) is 11.3 Å². The summed E-state index contributed by atoms with van der Waals surface area (Å²) < 4.78 is 68.4. The number of hydrogen-bond donors (Lipinski definition) is 1. The Morgan fingerprint density at radius 2 is 1.73 bits per heavy atom. The second-order valence-electron chi connectivity index (χ2n) is 13.7. The quantitative estimate of drug-likeness (QED) is 0.245. The Hall–Kier alpha value is -2.62. The number of hydrogen-bond acceptors (Lipinski definition) is 4. The minimum absolute atomic E-state index is 0. The average molecular weight is 656 g/mol. The normalized spacial score (nSPS) is 22.2. The summed E-state index contributed by atoms with van der Waals surface area (Å²) >= 11 is 0. The van der Waals surface area contributed by atoms with Gasteiger partial charge < -0.3 is 14.6 Å². The molecular formula is C35H46ClF4NO4. The molecule has 45 heavy (non-hydrogen) atoms. The molecule has 1 heterocycles.